The predicted octanol–water partition coefficient (Wildman–Crippen LogP) is 7.97. The molecule has 0 unspecified atom stereocenters. The molecule has 6 heterocycles. The maximum absolute atomic E-state index is 12.1. The second-order valence-corrected chi connectivity index (χ2v) is 17.7. The molecule has 2 aliphatic rings. The number of nitrogens with two attached hydrogens (primary N) is 1. The Morgan fingerprint density at radius 1 is 0.574 bits per heavy atom. The number of fused-ring (bicyclic) bond motifs is 3. The van der Waals surface area contributed by atoms with Gasteiger partial charge in [-0.05, 0) is 120 Å². The Labute approximate surface area is 362 Å². The zero-order chi connectivity index (χ0) is 41.8. The Morgan fingerprint density at radius 2 is 1.08 bits per heavy atom. The number of benzene rings is 4. The van der Waals surface area contributed by atoms with Crippen molar-refractivity contribution < 1.29 is 17.9 Å². The van der Waals surface area contributed by atoms with Gasteiger partial charge in [-0.25, -0.2) is 32.6 Å². The van der Waals surface area contributed by atoms with Crippen LogP contribution in [0, 0.1) is 0 Å². The van der Waals surface area contributed by atoms with E-state index < -0.39 is 10.0 Å². The van der Waals surface area contributed by atoms with Gasteiger partial charge >= 0.3 is 0 Å². The molecular weight excluding hydrogens is 855 g/mol. The fourth-order valence-corrected chi connectivity index (χ4v) is 9.17. The summed E-state index contributed by atoms with van der Waals surface area (Å²) < 4.78 is 40.4. The molecule has 2 saturated heterocycles. The molecule has 10 rings (SSSR count). The first-order chi connectivity index (χ1) is 29.8. The van der Waals surface area contributed by atoms with E-state index in [1.165, 1.54) is 51.9 Å². The summed E-state index contributed by atoms with van der Waals surface area (Å²) in [5.41, 5.74) is 7.23. The van der Waals surface area contributed by atoms with E-state index in [1.54, 1.807) is 45.7 Å². The molecule has 2 fully saturated rings. The molecule has 0 amide bonds. The molecule has 4 aromatic heterocycles. The summed E-state index contributed by atoms with van der Waals surface area (Å²) in [7, 11) is -3.85. The first-order valence-electron chi connectivity index (χ1n) is 20.6. The van der Waals surface area contributed by atoms with Gasteiger partial charge in [0.1, 0.15) is 24.7 Å². The highest BCUT2D eigenvalue weighted by Crippen LogP contribution is 2.35. The average Bonchev–Trinajstić information content (AvgIpc) is 4.13. The van der Waals surface area contributed by atoms with Crippen LogP contribution in [0.3, 0.4) is 0 Å². The molecule has 0 spiro atoms. The van der Waals surface area contributed by atoms with Crippen molar-refractivity contribution in [2.45, 2.75) is 30.6 Å². The van der Waals surface area contributed by atoms with Gasteiger partial charge in [0.2, 0.25) is 10.0 Å². The summed E-state index contributed by atoms with van der Waals surface area (Å²) in [4.78, 5) is 14.1. The predicted molar refractivity (Wildman–Crippen MR) is 241 cm³/mol. The third kappa shape index (κ3) is 9.31. The molecule has 8 aromatic rings. The molecule has 13 nitrogen and oxygen atoms in total. The SMILES string of the molecule is Brc1cnn2cc(-c3ccc(OCCN4CCCC4)cc3)cnc12.NS(=O)(=O)c1ccc(-c2cnn3cc(-c4ccc(OCCN5CCCC5)cc4)cnc23)c2ccccc12. The maximum Gasteiger partial charge on any atom is 0.238 e. The quantitative estimate of drug-likeness (QED) is 0.128. The summed E-state index contributed by atoms with van der Waals surface area (Å²) in [6.07, 6.45) is 16.3. The van der Waals surface area contributed by atoms with E-state index in [1.807, 2.05) is 73.3 Å². The summed E-state index contributed by atoms with van der Waals surface area (Å²) >= 11 is 3.44. The molecule has 15 heteroatoms. The van der Waals surface area contributed by atoms with Crippen LogP contribution in [-0.4, -0.2) is 99.9 Å². The van der Waals surface area contributed by atoms with Gasteiger partial charge in [0, 0.05) is 60.0 Å². The molecule has 61 heavy (non-hydrogen) atoms. The van der Waals surface area contributed by atoms with Gasteiger partial charge in [-0.3, -0.25) is 9.80 Å². The summed E-state index contributed by atoms with van der Waals surface area (Å²) in [5, 5.41) is 15.6. The van der Waals surface area contributed by atoms with Crippen LogP contribution < -0.4 is 14.6 Å². The number of nitrogens with zero attached hydrogens (tertiary/aromatic N) is 8. The minimum Gasteiger partial charge on any atom is -0.492 e. The molecule has 0 atom stereocenters. The highest BCUT2D eigenvalue weighted by molar-refractivity contribution is 9.10. The van der Waals surface area contributed by atoms with E-state index in [0.717, 1.165) is 80.1 Å². The van der Waals surface area contributed by atoms with Gasteiger partial charge in [0.25, 0.3) is 0 Å². The van der Waals surface area contributed by atoms with Crippen LogP contribution in [0.5, 0.6) is 11.5 Å². The molecule has 0 radical (unpaired) electrons. The number of likely N-dealkylation sites (tertiary alicyclic amines) is 2. The van der Waals surface area contributed by atoms with Crippen LogP contribution in [0.4, 0.5) is 0 Å². The van der Waals surface area contributed by atoms with Crippen LogP contribution in [-0.2, 0) is 10.0 Å². The minimum absolute atomic E-state index is 0.0991. The number of hydrogen-bond acceptors (Lipinski definition) is 10. The number of halogens is 1. The molecule has 312 valence electrons. The van der Waals surface area contributed by atoms with Crippen LogP contribution in [0.25, 0.3) is 55.4 Å². The van der Waals surface area contributed by atoms with Crippen molar-refractivity contribution in [3.05, 3.63) is 127 Å². The Morgan fingerprint density at radius 3 is 1.64 bits per heavy atom. The van der Waals surface area contributed by atoms with Crippen molar-refractivity contribution in [3.63, 3.8) is 0 Å². The minimum atomic E-state index is -3.85. The van der Waals surface area contributed by atoms with Crippen LogP contribution in [0.2, 0.25) is 0 Å². The first-order valence-corrected chi connectivity index (χ1v) is 22.9. The lowest BCUT2D eigenvalue weighted by Crippen LogP contribution is -2.25. The number of aromatic nitrogens is 6. The van der Waals surface area contributed by atoms with Gasteiger partial charge in [-0.15, -0.1) is 0 Å². The maximum atomic E-state index is 12.1. The van der Waals surface area contributed by atoms with E-state index in [2.05, 4.69) is 53.0 Å². The summed E-state index contributed by atoms with van der Waals surface area (Å²) in [6.45, 7) is 8.17. The zero-order valence-corrected chi connectivity index (χ0v) is 36.0. The van der Waals surface area contributed by atoms with Gasteiger partial charge in [0.05, 0.1) is 21.8 Å². The molecular formula is C46H46BrN9O4S. The highest BCUT2D eigenvalue weighted by Gasteiger charge is 2.18. The van der Waals surface area contributed by atoms with Gasteiger partial charge < -0.3 is 9.47 Å². The number of hydrogen-bond donors (Lipinski definition) is 1. The fraction of sp³-hybridized carbons (Fsp3) is 0.261. The Balaban J connectivity index is 0.000000171. The lowest BCUT2D eigenvalue weighted by Gasteiger charge is -2.15. The molecule has 2 aliphatic heterocycles. The van der Waals surface area contributed by atoms with Crippen molar-refractivity contribution in [1.29, 1.82) is 0 Å². The van der Waals surface area contributed by atoms with E-state index in [0.29, 0.717) is 17.6 Å². The Bertz CT molecular complexity index is 2890. The zero-order valence-electron chi connectivity index (χ0n) is 33.6. The van der Waals surface area contributed by atoms with Crippen molar-refractivity contribution in [2.75, 3.05) is 52.5 Å². The lowest BCUT2D eigenvalue weighted by atomic mass is 10.00. The molecule has 2 N–H and O–H groups in total. The lowest BCUT2D eigenvalue weighted by molar-refractivity contribution is 0.237. The van der Waals surface area contributed by atoms with Crippen LogP contribution >= 0.6 is 15.9 Å². The number of primary sulfonamides is 1. The van der Waals surface area contributed by atoms with Crippen molar-refractivity contribution >= 4 is 48.0 Å². The highest BCUT2D eigenvalue weighted by atomic mass is 79.9. The number of rotatable bonds is 12. The molecule has 0 aliphatic carbocycles. The van der Waals surface area contributed by atoms with Gasteiger partial charge in [0.15, 0.2) is 11.3 Å². The third-order valence-electron chi connectivity index (χ3n) is 11.3. The van der Waals surface area contributed by atoms with Gasteiger partial charge in [-0.1, -0.05) is 54.6 Å². The largest absolute Gasteiger partial charge is 0.492 e. The average molecular weight is 901 g/mol. The fourth-order valence-electron chi connectivity index (χ4n) is 8.05. The van der Waals surface area contributed by atoms with Crippen molar-refractivity contribution in [2.24, 2.45) is 5.14 Å². The first kappa shape index (κ1) is 40.7. The topological polar surface area (TPSA) is 145 Å². The Kier molecular flexibility index (Phi) is 12.1. The molecule has 0 bridgehead atoms. The third-order valence-corrected chi connectivity index (χ3v) is 12.8. The standard InChI is InChI=1S/C28H27N5O3S.C18H19BrN4O/c29-37(34,35)27-12-11-24(23-5-1-2-6-25(23)27)26-18-31-33-19-21(17-30-28(26)33)20-7-9-22(10-8-20)36-16-15-32-13-3-4-14-32;19-17-12-21-23-13-15(11-20-18(17)23)14-3-5-16(6-4-14)24-10-9-22-7-1-2-8-22/h1-2,5-12,17-19H,3-4,13-16H2,(H2,29,34,35);3-6,11-13H,1-2,7-10H2. The smallest absolute Gasteiger partial charge is 0.238 e. The van der Waals surface area contributed by atoms with E-state index in [4.69, 9.17) is 19.6 Å². The Hall–Kier alpha value is -5.71. The van der Waals surface area contributed by atoms with Crippen molar-refractivity contribution in [3.8, 4) is 44.9 Å². The van der Waals surface area contributed by atoms with Crippen LogP contribution in [0.1, 0.15) is 25.7 Å². The van der Waals surface area contributed by atoms with E-state index in [-0.39, 0.29) is 4.90 Å². The van der Waals surface area contributed by atoms with E-state index in [9.17, 15) is 8.42 Å². The van der Waals surface area contributed by atoms with E-state index >= 15 is 0 Å². The van der Waals surface area contributed by atoms with Gasteiger partial charge in [-0.2, -0.15) is 10.2 Å². The summed E-state index contributed by atoms with van der Waals surface area (Å²) in [5.74, 6) is 1.77. The summed E-state index contributed by atoms with van der Waals surface area (Å²) in [6, 6.07) is 26.8. The van der Waals surface area contributed by atoms with Crippen molar-refractivity contribution in [1.82, 2.24) is 39.0 Å². The normalized spacial score (nSPS) is 14.8. The number of sulfonamides is 1. The second-order valence-electron chi connectivity index (χ2n) is 15.3. The monoisotopic (exact) mass is 899 g/mol. The second kappa shape index (κ2) is 18.1. The number of ether oxygens (including phenoxy) is 2. The van der Waals surface area contributed by atoms with Crippen LogP contribution in [0.15, 0.2) is 131 Å². The molecule has 4 aromatic carbocycles. The molecule has 0 saturated carbocycles.